The minimum absolute atomic E-state index is 0.00743. The number of ether oxygens (including phenoxy) is 1. The van der Waals surface area contributed by atoms with Crippen molar-refractivity contribution >= 4 is 15.9 Å². The number of hydrogen-bond acceptors (Lipinski definition) is 5. The van der Waals surface area contributed by atoms with Crippen LogP contribution >= 0.6 is 0 Å². The standard InChI is InChI=1S/C19H24N4O4S/c1-21-12-17(20-15-21)28(25,26)22-9-7-18(24)23(11-16-5-3-2-4-6-16)19(13-22)8-10-27-14-19/h2-6,12,15H,7-11,13-14H2,1H3. The van der Waals surface area contributed by atoms with E-state index in [1.807, 2.05) is 35.2 Å². The second-order valence-electron chi connectivity index (χ2n) is 7.46. The van der Waals surface area contributed by atoms with Gasteiger partial charge in [0.15, 0.2) is 5.03 Å². The highest BCUT2D eigenvalue weighted by atomic mass is 32.2. The highest BCUT2D eigenvalue weighted by molar-refractivity contribution is 7.89. The Morgan fingerprint density at radius 1 is 1.25 bits per heavy atom. The highest BCUT2D eigenvalue weighted by Crippen LogP contribution is 2.33. The molecule has 1 unspecified atom stereocenters. The van der Waals surface area contributed by atoms with Gasteiger partial charge in [0.05, 0.1) is 18.5 Å². The van der Waals surface area contributed by atoms with E-state index in [4.69, 9.17) is 4.74 Å². The zero-order valence-electron chi connectivity index (χ0n) is 15.8. The van der Waals surface area contributed by atoms with Crippen molar-refractivity contribution < 1.29 is 17.9 Å². The molecule has 1 amide bonds. The Morgan fingerprint density at radius 3 is 2.68 bits per heavy atom. The minimum atomic E-state index is -3.78. The predicted molar refractivity (Wildman–Crippen MR) is 102 cm³/mol. The molecule has 0 bridgehead atoms. The van der Waals surface area contributed by atoms with Gasteiger partial charge in [0.1, 0.15) is 0 Å². The van der Waals surface area contributed by atoms with Gasteiger partial charge in [-0.3, -0.25) is 4.79 Å². The maximum atomic E-state index is 13.1. The number of rotatable bonds is 4. The normalized spacial score (nSPS) is 24.0. The summed E-state index contributed by atoms with van der Waals surface area (Å²) in [5.74, 6) is -0.0481. The molecule has 2 aliphatic heterocycles. The number of aryl methyl sites for hydroxylation is 1. The Hall–Kier alpha value is -2.23. The van der Waals surface area contributed by atoms with Crippen LogP contribution in [0.3, 0.4) is 0 Å². The van der Waals surface area contributed by atoms with Gasteiger partial charge in [-0.25, -0.2) is 13.4 Å². The summed E-state index contributed by atoms with van der Waals surface area (Å²) >= 11 is 0. The maximum absolute atomic E-state index is 13.1. The van der Waals surface area contributed by atoms with Crippen LogP contribution in [0.25, 0.3) is 0 Å². The van der Waals surface area contributed by atoms with Crippen LogP contribution in [0.5, 0.6) is 0 Å². The molecule has 0 radical (unpaired) electrons. The first-order valence-corrected chi connectivity index (χ1v) is 10.8. The van der Waals surface area contributed by atoms with Crippen LogP contribution in [0.4, 0.5) is 0 Å². The van der Waals surface area contributed by atoms with Crippen LogP contribution < -0.4 is 0 Å². The van der Waals surface area contributed by atoms with Crippen LogP contribution in [0, 0.1) is 0 Å². The Kier molecular flexibility index (Phi) is 4.98. The molecule has 0 aliphatic carbocycles. The monoisotopic (exact) mass is 404 g/mol. The van der Waals surface area contributed by atoms with E-state index in [0.717, 1.165) is 5.56 Å². The number of benzene rings is 1. The summed E-state index contributed by atoms with van der Waals surface area (Å²) in [6.45, 7) is 1.64. The fraction of sp³-hybridized carbons (Fsp3) is 0.474. The van der Waals surface area contributed by atoms with Gasteiger partial charge >= 0.3 is 0 Å². The van der Waals surface area contributed by atoms with E-state index in [1.54, 1.807) is 11.6 Å². The van der Waals surface area contributed by atoms with E-state index in [0.29, 0.717) is 26.2 Å². The van der Waals surface area contributed by atoms with Crippen molar-refractivity contribution in [1.29, 1.82) is 0 Å². The molecule has 2 aromatic rings. The number of imidazole rings is 1. The van der Waals surface area contributed by atoms with Crippen molar-refractivity contribution in [1.82, 2.24) is 18.8 Å². The van der Waals surface area contributed by atoms with Crippen LogP contribution in [-0.2, 0) is 33.1 Å². The molecular weight excluding hydrogens is 380 g/mol. The fourth-order valence-electron chi connectivity index (χ4n) is 3.93. The van der Waals surface area contributed by atoms with Crippen molar-refractivity contribution in [3.63, 3.8) is 0 Å². The topological polar surface area (TPSA) is 84.7 Å². The molecule has 0 N–H and O–H groups in total. The molecule has 150 valence electrons. The smallest absolute Gasteiger partial charge is 0.262 e. The number of amides is 1. The number of carbonyl (C=O) groups is 1. The summed E-state index contributed by atoms with van der Waals surface area (Å²) in [4.78, 5) is 18.9. The van der Waals surface area contributed by atoms with Gasteiger partial charge in [-0.2, -0.15) is 4.31 Å². The number of nitrogens with zero attached hydrogens (tertiary/aromatic N) is 4. The number of hydrogen-bond donors (Lipinski definition) is 0. The van der Waals surface area contributed by atoms with Gasteiger partial charge in [-0.05, 0) is 12.0 Å². The number of carbonyl (C=O) groups excluding carboxylic acids is 1. The summed E-state index contributed by atoms with van der Waals surface area (Å²) in [7, 11) is -2.05. The minimum Gasteiger partial charge on any atom is -0.379 e. The van der Waals surface area contributed by atoms with Crippen LogP contribution in [0.15, 0.2) is 47.9 Å². The number of aromatic nitrogens is 2. The summed E-state index contributed by atoms with van der Waals surface area (Å²) in [6.07, 6.45) is 3.70. The molecule has 8 nitrogen and oxygen atoms in total. The van der Waals surface area contributed by atoms with E-state index >= 15 is 0 Å². The zero-order chi connectivity index (χ0) is 19.8. The van der Waals surface area contributed by atoms with Crippen molar-refractivity contribution in [2.24, 2.45) is 7.05 Å². The van der Waals surface area contributed by atoms with Crippen molar-refractivity contribution in [2.45, 2.75) is 30.0 Å². The van der Waals surface area contributed by atoms with Crippen molar-refractivity contribution in [2.75, 3.05) is 26.3 Å². The molecule has 3 heterocycles. The van der Waals surface area contributed by atoms with Crippen molar-refractivity contribution in [3.05, 3.63) is 48.4 Å². The van der Waals surface area contributed by atoms with Crippen molar-refractivity contribution in [3.8, 4) is 0 Å². The van der Waals surface area contributed by atoms with E-state index in [-0.39, 0.29) is 30.4 Å². The summed E-state index contributed by atoms with van der Waals surface area (Å²) < 4.78 is 34.9. The first kappa shape index (κ1) is 19.1. The molecule has 1 spiro atoms. The first-order valence-electron chi connectivity index (χ1n) is 9.31. The Balaban J connectivity index is 1.67. The molecule has 2 aliphatic rings. The molecular formula is C19H24N4O4S. The Labute approximate surface area is 164 Å². The fourth-order valence-corrected chi connectivity index (χ4v) is 5.41. The molecule has 2 fully saturated rings. The van der Waals surface area contributed by atoms with Gasteiger partial charge in [0.25, 0.3) is 10.0 Å². The van der Waals surface area contributed by atoms with Gasteiger partial charge in [0, 0.05) is 45.9 Å². The molecule has 28 heavy (non-hydrogen) atoms. The first-order chi connectivity index (χ1) is 13.4. The summed E-state index contributed by atoms with van der Waals surface area (Å²) in [6, 6.07) is 9.76. The molecule has 1 aromatic carbocycles. The predicted octanol–water partition coefficient (Wildman–Crippen LogP) is 1.00. The van der Waals surface area contributed by atoms with E-state index in [9.17, 15) is 13.2 Å². The average molecular weight is 404 g/mol. The lowest BCUT2D eigenvalue weighted by Crippen LogP contribution is -2.56. The molecule has 2 saturated heterocycles. The molecule has 1 atom stereocenters. The maximum Gasteiger partial charge on any atom is 0.262 e. The molecule has 0 saturated carbocycles. The third kappa shape index (κ3) is 3.45. The third-order valence-electron chi connectivity index (χ3n) is 5.47. The summed E-state index contributed by atoms with van der Waals surface area (Å²) in [5.41, 5.74) is 0.355. The number of sulfonamides is 1. The van der Waals surface area contributed by atoms with Gasteiger partial charge in [-0.1, -0.05) is 30.3 Å². The molecule has 4 rings (SSSR count). The Bertz CT molecular complexity index is 951. The molecule has 9 heteroatoms. The van der Waals surface area contributed by atoms with Gasteiger partial charge in [0.2, 0.25) is 5.91 Å². The third-order valence-corrected chi connectivity index (χ3v) is 7.20. The van der Waals surface area contributed by atoms with Crippen LogP contribution in [0.2, 0.25) is 0 Å². The van der Waals surface area contributed by atoms with Gasteiger partial charge in [-0.15, -0.1) is 0 Å². The van der Waals surface area contributed by atoms with Gasteiger partial charge < -0.3 is 14.2 Å². The second-order valence-corrected chi connectivity index (χ2v) is 9.34. The lowest BCUT2D eigenvalue weighted by molar-refractivity contribution is -0.137. The van der Waals surface area contributed by atoms with Crippen LogP contribution in [0.1, 0.15) is 18.4 Å². The van der Waals surface area contributed by atoms with E-state index in [1.165, 1.54) is 16.8 Å². The van der Waals surface area contributed by atoms with Crippen LogP contribution in [-0.4, -0.2) is 64.9 Å². The quantitative estimate of drug-likeness (QED) is 0.759. The zero-order valence-corrected chi connectivity index (χ0v) is 16.6. The van der Waals surface area contributed by atoms with E-state index in [2.05, 4.69) is 4.98 Å². The van der Waals surface area contributed by atoms with E-state index < -0.39 is 15.6 Å². The summed E-state index contributed by atoms with van der Waals surface area (Å²) in [5, 5.41) is 0.00743. The largest absolute Gasteiger partial charge is 0.379 e. The average Bonchev–Trinajstić information content (AvgIpc) is 3.30. The molecule has 1 aromatic heterocycles. The lowest BCUT2D eigenvalue weighted by Gasteiger charge is -2.40. The Morgan fingerprint density at radius 2 is 2.04 bits per heavy atom. The lowest BCUT2D eigenvalue weighted by atomic mass is 9.95. The second kappa shape index (κ2) is 7.31. The highest BCUT2D eigenvalue weighted by Gasteiger charge is 2.48. The SMILES string of the molecule is Cn1cnc(S(=O)(=O)N2CCC(=O)N(Cc3ccccc3)C3(CCOC3)C2)c1.